The van der Waals surface area contributed by atoms with Crippen LogP contribution in [0, 0.1) is 0 Å². The van der Waals surface area contributed by atoms with Crippen LogP contribution in [0.4, 0.5) is 0 Å². The molecule has 1 aliphatic carbocycles. The first kappa shape index (κ1) is 10.8. The van der Waals surface area contributed by atoms with Crippen molar-refractivity contribution in [1.29, 1.82) is 0 Å². The Morgan fingerprint density at radius 3 is 2.44 bits per heavy atom. The zero-order valence-corrected chi connectivity index (χ0v) is 9.51. The van der Waals surface area contributed by atoms with Gasteiger partial charge < -0.3 is 10.8 Å². The van der Waals surface area contributed by atoms with Gasteiger partial charge in [-0.2, -0.15) is 0 Å². The summed E-state index contributed by atoms with van der Waals surface area (Å²) in [7, 11) is 0. The van der Waals surface area contributed by atoms with Crippen molar-refractivity contribution in [2.24, 2.45) is 5.73 Å². The van der Waals surface area contributed by atoms with Crippen LogP contribution in [0.5, 0.6) is 0 Å². The third-order valence-corrected chi connectivity index (χ3v) is 3.69. The first-order valence-corrected chi connectivity index (χ1v) is 5.62. The molecule has 1 aliphatic rings. The average Bonchev–Trinajstić information content (AvgIpc) is 2.68. The highest BCUT2D eigenvalue weighted by atomic mass is 16.4. The lowest BCUT2D eigenvalue weighted by Crippen LogP contribution is -2.47. The molecule has 4 nitrogen and oxygen atoms in total. The van der Waals surface area contributed by atoms with Gasteiger partial charge in [0.2, 0.25) is 5.91 Å². The number of carboxylic acids is 1. The molecule has 0 saturated heterocycles. The molecule has 0 fully saturated rings. The monoisotopic (exact) mass is 241 g/mol. The Morgan fingerprint density at radius 2 is 1.83 bits per heavy atom. The number of hydrogen-bond acceptors (Lipinski definition) is 2. The topological polar surface area (TPSA) is 80.4 Å². The molecule has 18 heavy (non-hydrogen) atoms. The zero-order chi connectivity index (χ0) is 12.9. The van der Waals surface area contributed by atoms with E-state index in [2.05, 4.69) is 0 Å². The molecule has 0 aromatic heterocycles. The fourth-order valence-electron chi connectivity index (χ4n) is 2.82. The highest BCUT2D eigenvalue weighted by Gasteiger charge is 2.51. The molecule has 0 aliphatic heterocycles. The fraction of sp³-hybridized carbons (Fsp3) is 0.143. The second-order valence-electron chi connectivity index (χ2n) is 4.57. The molecule has 3 rings (SSSR count). The van der Waals surface area contributed by atoms with E-state index in [1.165, 1.54) is 0 Å². The van der Waals surface area contributed by atoms with Gasteiger partial charge in [0, 0.05) is 6.42 Å². The minimum Gasteiger partial charge on any atom is -0.480 e. The number of rotatable bonds is 2. The molecular weight excluding hydrogens is 230 g/mol. The van der Waals surface area contributed by atoms with Gasteiger partial charge in [-0.25, -0.2) is 0 Å². The normalized spacial score (nSPS) is 21.1. The summed E-state index contributed by atoms with van der Waals surface area (Å²) in [5.41, 5.74) is 5.12. The molecule has 1 amide bonds. The van der Waals surface area contributed by atoms with E-state index in [1.54, 1.807) is 12.1 Å². The summed E-state index contributed by atoms with van der Waals surface area (Å²) < 4.78 is 0. The van der Waals surface area contributed by atoms with E-state index in [0.717, 1.165) is 16.3 Å². The second kappa shape index (κ2) is 3.32. The molecule has 0 saturated carbocycles. The summed E-state index contributed by atoms with van der Waals surface area (Å²) in [6.07, 6.45) is 0.133. The van der Waals surface area contributed by atoms with Gasteiger partial charge in [0.05, 0.1) is 0 Å². The first-order valence-electron chi connectivity index (χ1n) is 5.62. The maximum Gasteiger partial charge on any atom is 0.324 e. The summed E-state index contributed by atoms with van der Waals surface area (Å²) in [5, 5.41) is 11.2. The Hall–Kier alpha value is -2.36. The number of hydrogen-bond donors (Lipinski definition) is 2. The minimum absolute atomic E-state index is 0.133. The Balaban J connectivity index is 2.43. The Labute approximate surface area is 103 Å². The Morgan fingerprint density at radius 1 is 1.17 bits per heavy atom. The maximum atomic E-state index is 11.7. The number of aliphatic carboxylic acids is 1. The molecule has 1 atom stereocenters. The van der Waals surface area contributed by atoms with Crippen molar-refractivity contribution in [2.45, 2.75) is 11.8 Å². The number of carbonyl (C=O) groups excluding carboxylic acids is 1. The number of nitrogens with two attached hydrogens (primary N) is 1. The highest BCUT2D eigenvalue weighted by Crippen LogP contribution is 2.42. The van der Waals surface area contributed by atoms with Crippen LogP contribution in [0.2, 0.25) is 0 Å². The van der Waals surface area contributed by atoms with Gasteiger partial charge in [0.1, 0.15) is 0 Å². The summed E-state index contributed by atoms with van der Waals surface area (Å²) in [5.74, 6) is -1.99. The van der Waals surface area contributed by atoms with Gasteiger partial charge in [-0.05, 0) is 21.9 Å². The SMILES string of the molecule is NC(=O)C1(C(=O)O)Cc2cccc3cccc1c23. The standard InChI is InChI=1S/C14H11NO3/c15-12(16)14(13(17)18)7-9-5-1-3-8-4-2-6-10(14)11(8)9/h1-6H,7H2,(H2,15,16)(H,17,18). The molecule has 3 N–H and O–H groups in total. The van der Waals surface area contributed by atoms with Gasteiger partial charge in [-0.3, -0.25) is 9.59 Å². The highest BCUT2D eigenvalue weighted by molar-refractivity contribution is 6.13. The van der Waals surface area contributed by atoms with Crippen LogP contribution in [-0.4, -0.2) is 17.0 Å². The van der Waals surface area contributed by atoms with Crippen molar-refractivity contribution in [3.63, 3.8) is 0 Å². The number of amides is 1. The van der Waals surface area contributed by atoms with Crippen LogP contribution in [0.3, 0.4) is 0 Å². The average molecular weight is 241 g/mol. The van der Waals surface area contributed by atoms with E-state index in [-0.39, 0.29) is 6.42 Å². The van der Waals surface area contributed by atoms with Gasteiger partial charge in [-0.1, -0.05) is 36.4 Å². The summed E-state index contributed by atoms with van der Waals surface area (Å²) in [6.45, 7) is 0. The van der Waals surface area contributed by atoms with Crippen LogP contribution >= 0.6 is 0 Å². The van der Waals surface area contributed by atoms with Crippen LogP contribution in [0.1, 0.15) is 11.1 Å². The molecule has 2 aromatic carbocycles. The summed E-state index contributed by atoms with van der Waals surface area (Å²) >= 11 is 0. The van der Waals surface area contributed by atoms with E-state index in [9.17, 15) is 14.7 Å². The minimum atomic E-state index is -1.62. The van der Waals surface area contributed by atoms with Crippen molar-refractivity contribution in [1.82, 2.24) is 0 Å². The first-order chi connectivity index (χ1) is 8.57. The largest absolute Gasteiger partial charge is 0.480 e. The lowest BCUT2D eigenvalue weighted by atomic mass is 9.80. The lowest BCUT2D eigenvalue weighted by Gasteiger charge is -2.21. The van der Waals surface area contributed by atoms with Crippen LogP contribution in [0.15, 0.2) is 36.4 Å². The summed E-state index contributed by atoms with van der Waals surface area (Å²) in [6, 6.07) is 11.0. The van der Waals surface area contributed by atoms with E-state index in [4.69, 9.17) is 5.73 Å². The Bertz CT molecular complexity index is 671. The molecular formula is C14H11NO3. The van der Waals surface area contributed by atoms with Gasteiger partial charge in [0.25, 0.3) is 0 Å². The van der Waals surface area contributed by atoms with E-state index in [0.29, 0.717) is 5.56 Å². The predicted molar refractivity (Wildman–Crippen MR) is 66.2 cm³/mol. The Kier molecular flexibility index (Phi) is 1.99. The summed E-state index contributed by atoms with van der Waals surface area (Å²) in [4.78, 5) is 23.3. The number of benzene rings is 2. The second-order valence-corrected chi connectivity index (χ2v) is 4.57. The molecule has 0 bridgehead atoms. The van der Waals surface area contributed by atoms with Crippen molar-refractivity contribution in [3.8, 4) is 0 Å². The number of primary amides is 1. The van der Waals surface area contributed by atoms with Crippen molar-refractivity contribution in [2.75, 3.05) is 0 Å². The van der Waals surface area contributed by atoms with Crippen LogP contribution in [-0.2, 0) is 21.4 Å². The number of carboxylic acid groups (broad SMARTS) is 1. The van der Waals surface area contributed by atoms with Crippen molar-refractivity contribution in [3.05, 3.63) is 47.5 Å². The quantitative estimate of drug-likeness (QED) is 0.775. The number of carbonyl (C=O) groups is 2. The van der Waals surface area contributed by atoms with Crippen molar-refractivity contribution < 1.29 is 14.7 Å². The lowest BCUT2D eigenvalue weighted by molar-refractivity contribution is -0.148. The van der Waals surface area contributed by atoms with Gasteiger partial charge >= 0.3 is 5.97 Å². The van der Waals surface area contributed by atoms with Crippen LogP contribution in [0.25, 0.3) is 10.8 Å². The fourth-order valence-corrected chi connectivity index (χ4v) is 2.82. The molecule has 0 radical (unpaired) electrons. The molecule has 2 aromatic rings. The smallest absolute Gasteiger partial charge is 0.324 e. The molecule has 1 unspecified atom stereocenters. The zero-order valence-electron chi connectivity index (χ0n) is 9.51. The predicted octanol–water partition coefficient (Wildman–Crippen LogP) is 1.20. The van der Waals surface area contributed by atoms with E-state index in [1.807, 2.05) is 24.3 Å². The van der Waals surface area contributed by atoms with Crippen LogP contribution < -0.4 is 5.73 Å². The third-order valence-electron chi connectivity index (χ3n) is 3.69. The van der Waals surface area contributed by atoms with E-state index >= 15 is 0 Å². The van der Waals surface area contributed by atoms with E-state index < -0.39 is 17.3 Å². The molecule has 4 heteroatoms. The van der Waals surface area contributed by atoms with Gasteiger partial charge in [0.15, 0.2) is 5.41 Å². The van der Waals surface area contributed by atoms with Crippen molar-refractivity contribution >= 4 is 22.6 Å². The van der Waals surface area contributed by atoms with Gasteiger partial charge in [-0.15, -0.1) is 0 Å². The molecule has 90 valence electrons. The molecule has 0 heterocycles. The molecule has 0 spiro atoms. The maximum absolute atomic E-state index is 11.7. The third kappa shape index (κ3) is 1.09.